The van der Waals surface area contributed by atoms with Crippen molar-refractivity contribution < 1.29 is 17.9 Å². The number of ether oxygens (including phenoxy) is 1. The van der Waals surface area contributed by atoms with Crippen molar-refractivity contribution in [3.63, 3.8) is 0 Å². The summed E-state index contributed by atoms with van der Waals surface area (Å²) in [7, 11) is -3.91. The van der Waals surface area contributed by atoms with Gasteiger partial charge >= 0.3 is 0 Å². The zero-order valence-electron chi connectivity index (χ0n) is 19.8. The Morgan fingerprint density at radius 3 is 2.09 bits per heavy atom. The molecule has 3 aromatic rings. The molecule has 35 heavy (non-hydrogen) atoms. The minimum atomic E-state index is -3.91. The third-order valence-electron chi connectivity index (χ3n) is 6.04. The zero-order chi connectivity index (χ0) is 24.7. The van der Waals surface area contributed by atoms with Gasteiger partial charge in [-0.05, 0) is 55.3 Å². The lowest BCUT2D eigenvalue weighted by atomic mass is 10.1. The normalized spacial score (nSPS) is 15.0. The standard InChI is InChI=1S/C27H31N3O4S/c1-2-34-24-13-15-25(16-14-24)35(32,33)28-26(21-22-9-5-3-6-10-22)27(31)30-19-17-29(18-20-30)23-11-7-4-8-12-23/h3-16,26,28H,2,17-21H2,1H3. The maximum Gasteiger partial charge on any atom is 0.241 e. The highest BCUT2D eigenvalue weighted by atomic mass is 32.2. The Morgan fingerprint density at radius 1 is 0.886 bits per heavy atom. The van der Waals surface area contributed by atoms with Gasteiger partial charge in [-0.3, -0.25) is 4.79 Å². The van der Waals surface area contributed by atoms with Crippen LogP contribution in [0.5, 0.6) is 5.75 Å². The molecule has 1 heterocycles. The number of amides is 1. The number of nitrogens with one attached hydrogen (secondary N) is 1. The first-order valence-corrected chi connectivity index (χ1v) is 13.3. The molecule has 1 aliphatic heterocycles. The number of carbonyl (C=O) groups excluding carboxylic acids is 1. The summed E-state index contributed by atoms with van der Waals surface area (Å²) in [4.78, 5) is 17.6. The van der Waals surface area contributed by atoms with Gasteiger partial charge in [0.05, 0.1) is 11.5 Å². The summed E-state index contributed by atoms with van der Waals surface area (Å²) in [6.45, 7) is 4.81. The topological polar surface area (TPSA) is 78.9 Å². The van der Waals surface area contributed by atoms with Crippen LogP contribution in [0.1, 0.15) is 12.5 Å². The molecule has 3 aromatic carbocycles. The van der Waals surface area contributed by atoms with E-state index in [-0.39, 0.29) is 17.2 Å². The number of carbonyl (C=O) groups is 1. The lowest BCUT2D eigenvalue weighted by Gasteiger charge is -2.37. The highest BCUT2D eigenvalue weighted by Crippen LogP contribution is 2.19. The van der Waals surface area contributed by atoms with Crippen molar-refractivity contribution in [3.05, 3.63) is 90.5 Å². The summed E-state index contributed by atoms with van der Waals surface area (Å²) in [5.41, 5.74) is 2.01. The molecule has 1 saturated heterocycles. The van der Waals surface area contributed by atoms with Gasteiger partial charge in [-0.1, -0.05) is 48.5 Å². The number of piperazine rings is 1. The zero-order valence-corrected chi connectivity index (χ0v) is 20.7. The maximum absolute atomic E-state index is 13.6. The fourth-order valence-corrected chi connectivity index (χ4v) is 5.40. The quantitative estimate of drug-likeness (QED) is 0.495. The number of nitrogens with zero attached hydrogens (tertiary/aromatic N) is 2. The summed E-state index contributed by atoms with van der Waals surface area (Å²) in [5.74, 6) is 0.385. The van der Waals surface area contributed by atoms with E-state index in [1.54, 1.807) is 17.0 Å². The molecule has 8 heteroatoms. The average Bonchev–Trinajstić information content (AvgIpc) is 2.89. The Kier molecular flexibility index (Phi) is 8.05. The van der Waals surface area contributed by atoms with Gasteiger partial charge < -0.3 is 14.5 Å². The van der Waals surface area contributed by atoms with Crippen LogP contribution in [-0.4, -0.2) is 58.1 Å². The molecule has 0 saturated carbocycles. The van der Waals surface area contributed by atoms with Crippen molar-refractivity contribution in [2.24, 2.45) is 0 Å². The SMILES string of the molecule is CCOc1ccc(S(=O)(=O)NC(Cc2ccccc2)C(=O)N2CCN(c3ccccc3)CC2)cc1. The first-order valence-electron chi connectivity index (χ1n) is 11.8. The summed E-state index contributed by atoms with van der Waals surface area (Å²) >= 11 is 0. The van der Waals surface area contributed by atoms with Crippen LogP contribution in [0.15, 0.2) is 89.8 Å². The van der Waals surface area contributed by atoms with E-state index in [9.17, 15) is 13.2 Å². The molecule has 0 bridgehead atoms. The lowest BCUT2D eigenvalue weighted by Crippen LogP contribution is -2.55. The van der Waals surface area contributed by atoms with Gasteiger partial charge in [0.1, 0.15) is 11.8 Å². The molecule has 1 unspecified atom stereocenters. The second-order valence-corrected chi connectivity index (χ2v) is 10.1. The molecule has 4 rings (SSSR count). The van der Waals surface area contributed by atoms with Crippen LogP contribution in [0.3, 0.4) is 0 Å². The van der Waals surface area contributed by atoms with Crippen LogP contribution in [0, 0.1) is 0 Å². The summed E-state index contributed by atoms with van der Waals surface area (Å²) in [5, 5.41) is 0. The van der Waals surface area contributed by atoms with Gasteiger partial charge in [0, 0.05) is 31.9 Å². The van der Waals surface area contributed by atoms with Crippen LogP contribution in [-0.2, 0) is 21.2 Å². The summed E-state index contributed by atoms with van der Waals surface area (Å²) in [6.07, 6.45) is 0.273. The molecule has 0 aliphatic carbocycles. The van der Waals surface area contributed by atoms with Gasteiger partial charge in [-0.2, -0.15) is 4.72 Å². The van der Waals surface area contributed by atoms with Crippen LogP contribution in [0.25, 0.3) is 0 Å². The van der Waals surface area contributed by atoms with Gasteiger partial charge in [0.15, 0.2) is 0 Å². The monoisotopic (exact) mass is 493 g/mol. The highest BCUT2D eigenvalue weighted by Gasteiger charge is 2.31. The van der Waals surface area contributed by atoms with Crippen LogP contribution < -0.4 is 14.4 Å². The van der Waals surface area contributed by atoms with E-state index < -0.39 is 16.1 Å². The van der Waals surface area contributed by atoms with Crippen molar-refractivity contribution in [2.75, 3.05) is 37.7 Å². The van der Waals surface area contributed by atoms with E-state index in [1.807, 2.05) is 55.5 Å². The molecular formula is C27H31N3O4S. The van der Waals surface area contributed by atoms with Gasteiger partial charge in [0.2, 0.25) is 15.9 Å². The molecule has 0 spiro atoms. The van der Waals surface area contributed by atoms with E-state index in [0.717, 1.165) is 11.3 Å². The number of sulfonamides is 1. The van der Waals surface area contributed by atoms with Gasteiger partial charge in [-0.15, -0.1) is 0 Å². The molecular weight excluding hydrogens is 462 g/mol. The van der Waals surface area contributed by atoms with Crippen molar-refractivity contribution in [1.29, 1.82) is 0 Å². The van der Waals surface area contributed by atoms with E-state index >= 15 is 0 Å². The first-order chi connectivity index (χ1) is 17.0. The number of hydrogen-bond donors (Lipinski definition) is 1. The Morgan fingerprint density at radius 2 is 1.49 bits per heavy atom. The average molecular weight is 494 g/mol. The molecule has 1 amide bonds. The fraction of sp³-hybridized carbons (Fsp3) is 0.296. The summed E-state index contributed by atoms with van der Waals surface area (Å²) in [6, 6.07) is 24.9. The maximum atomic E-state index is 13.6. The smallest absolute Gasteiger partial charge is 0.241 e. The van der Waals surface area contributed by atoms with E-state index in [1.165, 1.54) is 12.1 Å². The Balaban J connectivity index is 1.49. The van der Waals surface area contributed by atoms with E-state index in [4.69, 9.17) is 4.74 Å². The largest absolute Gasteiger partial charge is 0.494 e. The third-order valence-corrected chi connectivity index (χ3v) is 7.52. The van der Waals surface area contributed by atoms with E-state index in [2.05, 4.69) is 21.8 Å². The summed E-state index contributed by atoms with van der Waals surface area (Å²) < 4.78 is 34.5. The molecule has 1 fully saturated rings. The molecule has 1 aliphatic rings. The Bertz CT molecular complexity index is 1190. The fourth-order valence-electron chi connectivity index (χ4n) is 4.21. The molecule has 1 N–H and O–H groups in total. The lowest BCUT2D eigenvalue weighted by molar-refractivity contribution is -0.133. The molecule has 7 nitrogen and oxygen atoms in total. The number of benzene rings is 3. The Hall–Kier alpha value is -3.36. The first kappa shape index (κ1) is 24.8. The predicted octanol–water partition coefficient (Wildman–Crippen LogP) is 3.32. The molecule has 1 atom stereocenters. The van der Waals surface area contributed by atoms with Crippen LogP contribution in [0.2, 0.25) is 0 Å². The third kappa shape index (κ3) is 6.41. The molecule has 184 valence electrons. The highest BCUT2D eigenvalue weighted by molar-refractivity contribution is 7.89. The number of hydrogen-bond acceptors (Lipinski definition) is 5. The van der Waals surface area contributed by atoms with Gasteiger partial charge in [0.25, 0.3) is 0 Å². The number of para-hydroxylation sites is 1. The van der Waals surface area contributed by atoms with Crippen molar-refractivity contribution in [3.8, 4) is 5.75 Å². The van der Waals surface area contributed by atoms with E-state index in [0.29, 0.717) is 38.5 Å². The number of anilines is 1. The van der Waals surface area contributed by atoms with Crippen LogP contribution >= 0.6 is 0 Å². The minimum absolute atomic E-state index is 0.0979. The molecule has 0 aromatic heterocycles. The Labute approximate surface area is 207 Å². The minimum Gasteiger partial charge on any atom is -0.494 e. The van der Waals surface area contributed by atoms with Crippen molar-refractivity contribution >= 4 is 21.6 Å². The second-order valence-electron chi connectivity index (χ2n) is 8.42. The van der Waals surface area contributed by atoms with Gasteiger partial charge in [-0.25, -0.2) is 8.42 Å². The van der Waals surface area contributed by atoms with Crippen LogP contribution in [0.4, 0.5) is 5.69 Å². The predicted molar refractivity (Wildman–Crippen MR) is 137 cm³/mol. The van der Waals surface area contributed by atoms with Crippen molar-refractivity contribution in [1.82, 2.24) is 9.62 Å². The number of rotatable bonds is 9. The van der Waals surface area contributed by atoms with Crippen molar-refractivity contribution in [2.45, 2.75) is 24.3 Å². The molecule has 0 radical (unpaired) electrons. The second kappa shape index (κ2) is 11.4.